The summed E-state index contributed by atoms with van der Waals surface area (Å²) in [6.07, 6.45) is 0. The van der Waals surface area contributed by atoms with E-state index in [9.17, 15) is 0 Å². The summed E-state index contributed by atoms with van der Waals surface area (Å²) in [7, 11) is 0. The van der Waals surface area contributed by atoms with E-state index in [0.29, 0.717) is 5.82 Å². The molecule has 3 nitrogen and oxygen atoms in total. The molecule has 2 aliphatic carbocycles. The highest BCUT2D eigenvalue weighted by atomic mass is 16.3. The first-order valence-corrected chi connectivity index (χ1v) is 23.3. The van der Waals surface area contributed by atoms with Gasteiger partial charge in [0.25, 0.3) is 0 Å². The van der Waals surface area contributed by atoms with Crippen molar-refractivity contribution in [3.05, 3.63) is 265 Å². The molecule has 1 spiro atoms. The van der Waals surface area contributed by atoms with Crippen molar-refractivity contribution in [2.24, 2.45) is 0 Å². The van der Waals surface area contributed by atoms with Crippen LogP contribution in [0.5, 0.6) is 0 Å². The van der Waals surface area contributed by atoms with Gasteiger partial charge in [-0.15, -0.1) is 0 Å². The lowest BCUT2D eigenvalue weighted by atomic mass is 9.70. The number of aromatic nitrogens is 2. The molecule has 2 aliphatic rings. The van der Waals surface area contributed by atoms with Crippen LogP contribution < -0.4 is 0 Å². The third kappa shape index (κ3) is 5.72. The SMILES string of the molecule is c1ccc(-c2nc(-c3cc(-c4ccccc4-c4ccccc4)cc(-c4cccc5c4oc4ccccc45)c3)cc(-c3ccc4c(c3)-c3ccccc3C43c4ccccc4-c4ccccc43)n2)cc1. The van der Waals surface area contributed by atoms with Gasteiger partial charge in [0.15, 0.2) is 5.82 Å². The average Bonchev–Trinajstić information content (AvgIpc) is 4.05. The molecular weight excluding hydrogens is 825 g/mol. The van der Waals surface area contributed by atoms with Gasteiger partial charge in [-0.2, -0.15) is 0 Å². The molecule has 0 radical (unpaired) electrons. The Labute approximate surface area is 394 Å². The summed E-state index contributed by atoms with van der Waals surface area (Å²) in [4.78, 5) is 10.8. The maximum Gasteiger partial charge on any atom is 0.160 e. The molecule has 0 saturated carbocycles. The second-order valence-electron chi connectivity index (χ2n) is 18.0. The van der Waals surface area contributed by atoms with Crippen molar-refractivity contribution in [1.29, 1.82) is 0 Å². The molecule has 3 heteroatoms. The first kappa shape index (κ1) is 38.4. The summed E-state index contributed by atoms with van der Waals surface area (Å²) >= 11 is 0. The van der Waals surface area contributed by atoms with Crippen LogP contribution in [0, 0.1) is 0 Å². The average molecular weight is 865 g/mol. The quantitative estimate of drug-likeness (QED) is 0.167. The van der Waals surface area contributed by atoms with Crippen molar-refractivity contribution < 1.29 is 4.42 Å². The molecular formula is C65H40N2O. The van der Waals surface area contributed by atoms with E-state index in [0.717, 1.165) is 83.4 Å². The minimum Gasteiger partial charge on any atom is -0.455 e. The Hall–Kier alpha value is -8.92. The molecule has 0 unspecified atom stereocenters. The highest BCUT2D eigenvalue weighted by Gasteiger charge is 2.51. The smallest absolute Gasteiger partial charge is 0.160 e. The minimum absolute atomic E-state index is 0.417. The highest BCUT2D eigenvalue weighted by Crippen LogP contribution is 2.63. The van der Waals surface area contributed by atoms with Gasteiger partial charge in [-0.25, -0.2) is 9.97 Å². The van der Waals surface area contributed by atoms with E-state index in [-0.39, 0.29) is 0 Å². The lowest BCUT2D eigenvalue weighted by Crippen LogP contribution is -2.25. The lowest BCUT2D eigenvalue weighted by molar-refractivity contribution is 0.670. The van der Waals surface area contributed by atoms with Gasteiger partial charge in [0.2, 0.25) is 0 Å². The van der Waals surface area contributed by atoms with Crippen molar-refractivity contribution in [1.82, 2.24) is 9.97 Å². The fraction of sp³-hybridized carbons (Fsp3) is 0.0154. The maximum absolute atomic E-state index is 6.69. The van der Waals surface area contributed by atoms with Crippen LogP contribution in [0.3, 0.4) is 0 Å². The Morgan fingerprint density at radius 3 is 1.43 bits per heavy atom. The number of para-hydroxylation sites is 2. The van der Waals surface area contributed by atoms with Crippen LogP contribution in [-0.2, 0) is 5.41 Å². The summed E-state index contributed by atoms with van der Waals surface area (Å²) in [5.41, 5.74) is 23.0. The van der Waals surface area contributed by atoms with E-state index in [1.165, 1.54) is 44.5 Å². The van der Waals surface area contributed by atoms with Crippen LogP contribution in [-0.4, -0.2) is 9.97 Å². The van der Waals surface area contributed by atoms with Gasteiger partial charge in [0.1, 0.15) is 11.2 Å². The van der Waals surface area contributed by atoms with Crippen molar-refractivity contribution in [2.75, 3.05) is 0 Å². The van der Waals surface area contributed by atoms with Crippen LogP contribution in [0.2, 0.25) is 0 Å². The molecule has 10 aromatic carbocycles. The molecule has 316 valence electrons. The Balaban J connectivity index is 0.999. The highest BCUT2D eigenvalue weighted by molar-refractivity contribution is 6.10. The predicted molar refractivity (Wildman–Crippen MR) is 278 cm³/mol. The number of fused-ring (bicyclic) bond motifs is 13. The van der Waals surface area contributed by atoms with Gasteiger partial charge in [-0.05, 0) is 109 Å². The van der Waals surface area contributed by atoms with Crippen molar-refractivity contribution in [2.45, 2.75) is 5.41 Å². The summed E-state index contributed by atoms with van der Waals surface area (Å²) in [6.45, 7) is 0. The molecule has 0 N–H and O–H groups in total. The summed E-state index contributed by atoms with van der Waals surface area (Å²) < 4.78 is 6.69. The van der Waals surface area contributed by atoms with Crippen LogP contribution >= 0.6 is 0 Å². The number of benzene rings is 10. The molecule has 14 rings (SSSR count). The fourth-order valence-corrected chi connectivity index (χ4v) is 11.4. The lowest BCUT2D eigenvalue weighted by Gasteiger charge is -2.30. The monoisotopic (exact) mass is 864 g/mol. The second kappa shape index (κ2) is 15.1. The zero-order valence-electron chi connectivity index (χ0n) is 36.9. The van der Waals surface area contributed by atoms with Crippen LogP contribution in [0.15, 0.2) is 247 Å². The summed E-state index contributed by atoms with van der Waals surface area (Å²) in [5.74, 6) is 0.671. The van der Waals surface area contributed by atoms with Crippen molar-refractivity contribution in [3.63, 3.8) is 0 Å². The maximum atomic E-state index is 6.69. The first-order valence-electron chi connectivity index (χ1n) is 23.3. The minimum atomic E-state index is -0.417. The molecule has 2 aromatic heterocycles. The van der Waals surface area contributed by atoms with Gasteiger partial charge in [-0.1, -0.05) is 206 Å². The number of hydrogen-bond donors (Lipinski definition) is 0. The zero-order chi connectivity index (χ0) is 44.8. The fourth-order valence-electron chi connectivity index (χ4n) is 11.4. The second-order valence-corrected chi connectivity index (χ2v) is 18.0. The Morgan fingerprint density at radius 2 is 0.750 bits per heavy atom. The Bertz CT molecular complexity index is 3930. The van der Waals surface area contributed by atoms with Crippen LogP contribution in [0.25, 0.3) is 111 Å². The van der Waals surface area contributed by atoms with Crippen LogP contribution in [0.1, 0.15) is 22.3 Å². The van der Waals surface area contributed by atoms with E-state index < -0.39 is 5.41 Å². The molecule has 0 amide bonds. The van der Waals surface area contributed by atoms with E-state index in [1.807, 2.05) is 18.2 Å². The largest absolute Gasteiger partial charge is 0.455 e. The Morgan fingerprint density at radius 1 is 0.279 bits per heavy atom. The molecule has 0 saturated heterocycles. The van der Waals surface area contributed by atoms with E-state index in [2.05, 4.69) is 224 Å². The number of furan rings is 1. The third-order valence-corrected chi connectivity index (χ3v) is 14.3. The van der Waals surface area contributed by atoms with E-state index >= 15 is 0 Å². The van der Waals surface area contributed by atoms with Crippen molar-refractivity contribution >= 4 is 21.9 Å². The van der Waals surface area contributed by atoms with Gasteiger partial charge in [-0.3, -0.25) is 0 Å². The first-order chi connectivity index (χ1) is 33.7. The normalized spacial score (nSPS) is 12.8. The number of rotatable bonds is 6. The molecule has 68 heavy (non-hydrogen) atoms. The third-order valence-electron chi connectivity index (χ3n) is 14.3. The van der Waals surface area contributed by atoms with Gasteiger partial charge < -0.3 is 4.42 Å². The topological polar surface area (TPSA) is 38.9 Å². The van der Waals surface area contributed by atoms with Gasteiger partial charge in [0, 0.05) is 33.0 Å². The van der Waals surface area contributed by atoms with E-state index in [1.54, 1.807) is 0 Å². The molecule has 0 aliphatic heterocycles. The number of nitrogens with zero attached hydrogens (tertiary/aromatic N) is 2. The number of hydrogen-bond acceptors (Lipinski definition) is 3. The molecule has 0 fully saturated rings. The van der Waals surface area contributed by atoms with Gasteiger partial charge in [0.05, 0.1) is 16.8 Å². The van der Waals surface area contributed by atoms with Gasteiger partial charge >= 0.3 is 0 Å². The molecule has 2 heterocycles. The van der Waals surface area contributed by atoms with E-state index in [4.69, 9.17) is 14.4 Å². The van der Waals surface area contributed by atoms with Crippen LogP contribution in [0.4, 0.5) is 0 Å². The Kier molecular flexibility index (Phi) is 8.50. The molecule has 12 aromatic rings. The predicted octanol–water partition coefficient (Wildman–Crippen LogP) is 16.7. The van der Waals surface area contributed by atoms with Crippen molar-refractivity contribution in [3.8, 4) is 89.5 Å². The zero-order valence-corrected chi connectivity index (χ0v) is 36.9. The summed E-state index contributed by atoms with van der Waals surface area (Å²) in [5, 5.41) is 2.20. The molecule has 0 atom stereocenters. The standard InChI is InChI=1S/C65H40N2O/c1-3-18-41(19-4-1)47-22-7-8-23-48(47)44-36-45(49-28-17-29-54-53-27-12-16-33-62(53)68-63(49)54)38-46(37-44)61-40-60(66-64(67-61)42-20-5-2-6-21-42)43-34-35-59-55(39-43)52-26-11-15-32-58(52)65(59)56-30-13-9-24-50(56)51-25-10-14-31-57(51)65/h1-40H. The molecule has 0 bridgehead atoms. The summed E-state index contributed by atoms with van der Waals surface area (Å²) in [6, 6.07) is 87.4.